The molecule has 7 heteroatoms. The molecule has 0 radical (unpaired) electrons. The molecular formula is C19H32IN3O3. The van der Waals surface area contributed by atoms with Crippen LogP contribution in [-0.4, -0.2) is 58.6 Å². The Bertz CT molecular complexity index is 523. The first kappa shape index (κ1) is 23.0. The number of halogens is 1. The van der Waals surface area contributed by atoms with Gasteiger partial charge < -0.3 is 24.8 Å². The maximum atomic E-state index is 5.75. The van der Waals surface area contributed by atoms with Crippen molar-refractivity contribution < 1.29 is 14.2 Å². The Morgan fingerprint density at radius 3 is 2.88 bits per heavy atom. The van der Waals surface area contributed by atoms with Gasteiger partial charge in [-0.2, -0.15) is 0 Å². The van der Waals surface area contributed by atoms with E-state index in [4.69, 9.17) is 14.2 Å². The fourth-order valence-electron chi connectivity index (χ4n) is 2.68. The number of benzene rings is 1. The Labute approximate surface area is 174 Å². The van der Waals surface area contributed by atoms with Crippen LogP contribution in [-0.2, 0) is 15.9 Å². The fourth-order valence-corrected chi connectivity index (χ4v) is 2.68. The standard InChI is InChI=1S/C19H31N3O3.HI/c1-3-24-17-7-4-6-16(14-17)8-11-22-19(20-2)21-10-5-12-25-18-9-13-23-15-18;/h4,6-7,14,18H,3,5,8-13,15H2,1-2H3,(H2,20,21,22);1H. The summed E-state index contributed by atoms with van der Waals surface area (Å²) in [4.78, 5) is 4.25. The number of hydrogen-bond donors (Lipinski definition) is 2. The van der Waals surface area contributed by atoms with Gasteiger partial charge in [0.05, 0.1) is 19.3 Å². The molecule has 0 bridgehead atoms. The van der Waals surface area contributed by atoms with E-state index in [1.165, 1.54) is 5.56 Å². The van der Waals surface area contributed by atoms with Crippen molar-refractivity contribution in [1.82, 2.24) is 10.6 Å². The number of ether oxygens (including phenoxy) is 3. The highest BCUT2D eigenvalue weighted by atomic mass is 127. The second-order valence-corrected chi connectivity index (χ2v) is 5.97. The molecule has 6 nitrogen and oxygen atoms in total. The molecular weight excluding hydrogens is 445 g/mol. The molecule has 1 saturated heterocycles. The Hall–Kier alpha value is -1.06. The van der Waals surface area contributed by atoms with E-state index in [0.29, 0.717) is 6.61 Å². The normalized spacial score (nSPS) is 16.8. The van der Waals surface area contributed by atoms with Crippen LogP contribution in [0.2, 0.25) is 0 Å². The summed E-state index contributed by atoms with van der Waals surface area (Å²) in [6.45, 7) is 6.67. The van der Waals surface area contributed by atoms with E-state index < -0.39 is 0 Å². The molecule has 1 unspecified atom stereocenters. The van der Waals surface area contributed by atoms with Gasteiger partial charge in [0.15, 0.2) is 5.96 Å². The first-order valence-electron chi connectivity index (χ1n) is 9.17. The Morgan fingerprint density at radius 1 is 1.31 bits per heavy atom. The van der Waals surface area contributed by atoms with E-state index in [9.17, 15) is 0 Å². The van der Waals surface area contributed by atoms with Crippen LogP contribution in [0.1, 0.15) is 25.3 Å². The highest BCUT2D eigenvalue weighted by molar-refractivity contribution is 14.0. The van der Waals surface area contributed by atoms with Crippen molar-refractivity contribution in [3.63, 3.8) is 0 Å². The van der Waals surface area contributed by atoms with E-state index in [0.717, 1.165) is 63.9 Å². The number of rotatable bonds is 10. The third-order valence-electron chi connectivity index (χ3n) is 3.99. The molecule has 0 aromatic heterocycles. The molecule has 1 aliphatic rings. The molecule has 1 fully saturated rings. The van der Waals surface area contributed by atoms with Crippen LogP contribution in [0.4, 0.5) is 0 Å². The van der Waals surface area contributed by atoms with Crippen LogP contribution in [0.15, 0.2) is 29.3 Å². The minimum absolute atomic E-state index is 0. The van der Waals surface area contributed by atoms with Crippen LogP contribution in [0.5, 0.6) is 5.75 Å². The summed E-state index contributed by atoms with van der Waals surface area (Å²) in [5.41, 5.74) is 1.25. The van der Waals surface area contributed by atoms with Crippen LogP contribution in [0.3, 0.4) is 0 Å². The van der Waals surface area contributed by atoms with Gasteiger partial charge in [0.1, 0.15) is 5.75 Å². The molecule has 2 rings (SSSR count). The molecule has 1 atom stereocenters. The van der Waals surface area contributed by atoms with Crippen molar-refractivity contribution in [1.29, 1.82) is 0 Å². The number of hydrogen-bond acceptors (Lipinski definition) is 4. The van der Waals surface area contributed by atoms with Crippen molar-refractivity contribution in [2.45, 2.75) is 32.3 Å². The Balaban J connectivity index is 0.00000338. The maximum absolute atomic E-state index is 5.75. The average Bonchev–Trinajstić information content (AvgIpc) is 3.14. The predicted molar refractivity (Wildman–Crippen MR) is 116 cm³/mol. The van der Waals surface area contributed by atoms with Gasteiger partial charge in [-0.15, -0.1) is 24.0 Å². The summed E-state index contributed by atoms with van der Waals surface area (Å²) in [6.07, 6.45) is 3.17. The number of aliphatic imine (C=N–C) groups is 1. The van der Waals surface area contributed by atoms with Gasteiger partial charge in [-0.05, 0) is 43.9 Å². The minimum Gasteiger partial charge on any atom is -0.494 e. The van der Waals surface area contributed by atoms with E-state index in [-0.39, 0.29) is 30.1 Å². The van der Waals surface area contributed by atoms with E-state index in [2.05, 4.69) is 27.8 Å². The summed E-state index contributed by atoms with van der Waals surface area (Å²) in [5.74, 6) is 1.75. The van der Waals surface area contributed by atoms with E-state index in [1.54, 1.807) is 7.05 Å². The molecule has 148 valence electrons. The molecule has 2 N–H and O–H groups in total. The molecule has 0 spiro atoms. The lowest BCUT2D eigenvalue weighted by Gasteiger charge is -2.13. The molecule has 1 aliphatic heterocycles. The predicted octanol–water partition coefficient (Wildman–Crippen LogP) is 2.61. The monoisotopic (exact) mass is 477 g/mol. The molecule has 1 aromatic rings. The van der Waals surface area contributed by atoms with Crippen LogP contribution in [0.25, 0.3) is 0 Å². The van der Waals surface area contributed by atoms with Crippen molar-refractivity contribution in [3.8, 4) is 5.75 Å². The van der Waals surface area contributed by atoms with Crippen molar-refractivity contribution in [2.24, 2.45) is 4.99 Å². The number of nitrogens with zero attached hydrogens (tertiary/aromatic N) is 1. The largest absolute Gasteiger partial charge is 0.494 e. The summed E-state index contributed by atoms with van der Waals surface area (Å²) >= 11 is 0. The van der Waals surface area contributed by atoms with Gasteiger partial charge >= 0.3 is 0 Å². The van der Waals surface area contributed by atoms with E-state index in [1.807, 2.05) is 19.1 Å². The Kier molecular flexibility index (Phi) is 12.4. The highest BCUT2D eigenvalue weighted by Gasteiger charge is 2.15. The molecule has 0 amide bonds. The fraction of sp³-hybridized carbons (Fsp3) is 0.632. The van der Waals surface area contributed by atoms with E-state index >= 15 is 0 Å². The lowest BCUT2D eigenvalue weighted by molar-refractivity contribution is 0.0420. The topological polar surface area (TPSA) is 64.1 Å². The van der Waals surface area contributed by atoms with Gasteiger partial charge in [-0.25, -0.2) is 0 Å². The minimum atomic E-state index is 0. The third kappa shape index (κ3) is 9.05. The Morgan fingerprint density at radius 2 is 2.15 bits per heavy atom. The third-order valence-corrected chi connectivity index (χ3v) is 3.99. The van der Waals surface area contributed by atoms with Crippen LogP contribution < -0.4 is 15.4 Å². The summed E-state index contributed by atoms with van der Waals surface area (Å²) in [5, 5.41) is 6.65. The summed E-state index contributed by atoms with van der Waals surface area (Å²) < 4.78 is 16.6. The highest BCUT2D eigenvalue weighted by Crippen LogP contribution is 2.13. The zero-order valence-corrected chi connectivity index (χ0v) is 18.2. The zero-order valence-electron chi connectivity index (χ0n) is 15.8. The summed E-state index contributed by atoms with van der Waals surface area (Å²) in [7, 11) is 1.79. The zero-order chi connectivity index (χ0) is 17.7. The van der Waals surface area contributed by atoms with Gasteiger partial charge in [0.2, 0.25) is 0 Å². The first-order valence-corrected chi connectivity index (χ1v) is 9.17. The average molecular weight is 477 g/mol. The van der Waals surface area contributed by atoms with Gasteiger partial charge in [-0.3, -0.25) is 4.99 Å². The van der Waals surface area contributed by atoms with Crippen LogP contribution in [0, 0.1) is 0 Å². The second-order valence-electron chi connectivity index (χ2n) is 5.97. The first-order chi connectivity index (χ1) is 12.3. The SMILES string of the molecule is CCOc1cccc(CCNC(=NC)NCCCOC2CCOC2)c1.I. The quantitative estimate of drug-likeness (QED) is 0.235. The smallest absolute Gasteiger partial charge is 0.190 e. The van der Waals surface area contributed by atoms with Gasteiger partial charge in [-0.1, -0.05) is 12.1 Å². The molecule has 1 heterocycles. The number of nitrogens with one attached hydrogen (secondary N) is 2. The van der Waals surface area contributed by atoms with Crippen molar-refractivity contribution in [2.75, 3.05) is 46.6 Å². The van der Waals surface area contributed by atoms with Crippen molar-refractivity contribution >= 4 is 29.9 Å². The number of guanidine groups is 1. The summed E-state index contributed by atoms with van der Waals surface area (Å²) in [6, 6.07) is 8.22. The maximum Gasteiger partial charge on any atom is 0.190 e. The molecule has 0 aliphatic carbocycles. The molecule has 0 saturated carbocycles. The van der Waals surface area contributed by atoms with Crippen molar-refractivity contribution in [3.05, 3.63) is 29.8 Å². The molecule has 1 aromatic carbocycles. The van der Waals surface area contributed by atoms with Crippen LogP contribution >= 0.6 is 24.0 Å². The lowest BCUT2D eigenvalue weighted by Crippen LogP contribution is -2.39. The van der Waals surface area contributed by atoms with Gasteiger partial charge in [0.25, 0.3) is 0 Å². The lowest BCUT2D eigenvalue weighted by atomic mass is 10.1. The van der Waals surface area contributed by atoms with Gasteiger partial charge in [0, 0.05) is 33.4 Å². The molecule has 26 heavy (non-hydrogen) atoms. The second kappa shape index (κ2) is 14.1.